The number of amides is 1. The van der Waals surface area contributed by atoms with Gasteiger partial charge in [-0.3, -0.25) is 10.0 Å². The van der Waals surface area contributed by atoms with E-state index < -0.39 is 5.41 Å². The predicted octanol–water partition coefficient (Wildman–Crippen LogP) is 4.47. The summed E-state index contributed by atoms with van der Waals surface area (Å²) in [5.74, 6) is 0.431. The molecule has 0 radical (unpaired) electrons. The average Bonchev–Trinajstić information content (AvgIpc) is 3.39. The molecule has 0 aliphatic rings. The summed E-state index contributed by atoms with van der Waals surface area (Å²) in [5.41, 5.74) is 6.02. The fourth-order valence-electron chi connectivity index (χ4n) is 4.30. The van der Waals surface area contributed by atoms with E-state index >= 15 is 0 Å². The number of anilines is 1. The minimum Gasteiger partial charge on any atom is -0.365 e. The second-order valence-electron chi connectivity index (χ2n) is 11.0. The topological polar surface area (TPSA) is 127 Å². The molecule has 0 aliphatic heterocycles. The highest BCUT2D eigenvalue weighted by molar-refractivity contribution is 5.91. The first-order valence-electron chi connectivity index (χ1n) is 13.3. The monoisotopic (exact) mass is 529 g/mol. The third-order valence-corrected chi connectivity index (χ3v) is 7.73. The molecule has 9 nitrogen and oxygen atoms in total. The molecular formula is C30H39N7O2. The largest absolute Gasteiger partial charge is 0.365 e. The molecule has 0 unspecified atom stereocenters. The van der Waals surface area contributed by atoms with Gasteiger partial charge in [-0.05, 0) is 28.2 Å². The van der Waals surface area contributed by atoms with Crippen LogP contribution in [0.15, 0.2) is 67.0 Å². The van der Waals surface area contributed by atoms with Crippen molar-refractivity contribution in [3.63, 3.8) is 0 Å². The van der Waals surface area contributed by atoms with E-state index in [1.165, 1.54) is 11.1 Å². The molecule has 1 amide bonds. The van der Waals surface area contributed by atoms with E-state index in [-0.39, 0.29) is 11.3 Å². The number of H-pyrrole nitrogens is 1. The van der Waals surface area contributed by atoms with Gasteiger partial charge in [-0.25, -0.2) is 15.4 Å². The number of aromatic amines is 1. The Morgan fingerprint density at radius 3 is 2.31 bits per heavy atom. The summed E-state index contributed by atoms with van der Waals surface area (Å²) in [6.07, 6.45) is 1.58. The van der Waals surface area contributed by atoms with Gasteiger partial charge in [0, 0.05) is 38.4 Å². The quantitative estimate of drug-likeness (QED) is 0.0857. The second kappa shape index (κ2) is 12.4. The Hall–Kier alpha value is -3.79. The maximum Gasteiger partial charge on any atom is 0.249 e. The Morgan fingerprint density at radius 2 is 1.59 bits per heavy atom. The van der Waals surface area contributed by atoms with Crippen LogP contribution < -0.4 is 21.4 Å². The van der Waals surface area contributed by atoms with Crippen molar-refractivity contribution in [1.82, 2.24) is 31.1 Å². The van der Waals surface area contributed by atoms with Gasteiger partial charge in [0.2, 0.25) is 5.91 Å². The normalized spacial score (nSPS) is 12.0. The average molecular weight is 530 g/mol. The van der Waals surface area contributed by atoms with Crippen LogP contribution >= 0.6 is 0 Å². The summed E-state index contributed by atoms with van der Waals surface area (Å²) >= 11 is 0. The fraction of sp³-hybridized carbons (Fsp3) is 0.367. The maximum atomic E-state index is 12.0. The van der Waals surface area contributed by atoms with Crippen LogP contribution in [-0.2, 0) is 17.9 Å². The molecule has 2 aromatic heterocycles. The van der Waals surface area contributed by atoms with Crippen LogP contribution in [0, 0.1) is 10.8 Å². The number of benzene rings is 2. The molecule has 0 bridgehead atoms. The van der Waals surface area contributed by atoms with Gasteiger partial charge < -0.3 is 20.9 Å². The van der Waals surface area contributed by atoms with Gasteiger partial charge in [-0.1, -0.05) is 82.3 Å². The lowest BCUT2D eigenvalue weighted by molar-refractivity contribution is -0.144. The molecule has 0 saturated heterocycles. The standard InChI is InChI=1S/C30H39N7O2/c1-29(2,30(3,4)28(38)37-39)19-32-15-14-31-17-22-10-12-23(13-11-22)25-16-24-26(34-20-35-27(24)36-25)33-18-21-8-6-5-7-9-21/h5-13,16,20,31-32,39H,14-15,17-19H2,1-4H3,(H,37,38)(H2,33,34,35,36). The molecule has 4 aromatic rings. The predicted molar refractivity (Wildman–Crippen MR) is 155 cm³/mol. The van der Waals surface area contributed by atoms with E-state index in [2.05, 4.69) is 73.4 Å². The van der Waals surface area contributed by atoms with Crippen LogP contribution in [0.3, 0.4) is 0 Å². The third-order valence-electron chi connectivity index (χ3n) is 7.73. The Bertz CT molecular complexity index is 1370. The summed E-state index contributed by atoms with van der Waals surface area (Å²) < 4.78 is 0. The first-order chi connectivity index (χ1) is 18.7. The molecule has 0 fully saturated rings. The lowest BCUT2D eigenvalue weighted by Gasteiger charge is -2.39. The third kappa shape index (κ3) is 6.81. The maximum absolute atomic E-state index is 12.0. The molecule has 6 N–H and O–H groups in total. The molecule has 0 spiro atoms. The molecule has 206 valence electrons. The van der Waals surface area contributed by atoms with Crippen LogP contribution in [0.2, 0.25) is 0 Å². The van der Waals surface area contributed by atoms with Crippen molar-refractivity contribution in [2.45, 2.75) is 40.8 Å². The first kappa shape index (κ1) is 28.2. The summed E-state index contributed by atoms with van der Waals surface area (Å²) in [6.45, 7) is 11.4. The van der Waals surface area contributed by atoms with Crippen LogP contribution in [0.25, 0.3) is 22.3 Å². The molecule has 9 heteroatoms. The Kier molecular flexibility index (Phi) is 8.96. The highest BCUT2D eigenvalue weighted by atomic mass is 16.5. The molecule has 2 heterocycles. The van der Waals surface area contributed by atoms with Crippen LogP contribution in [0.1, 0.15) is 38.8 Å². The number of nitrogens with one attached hydrogen (secondary N) is 5. The molecule has 4 rings (SSSR count). The van der Waals surface area contributed by atoms with Gasteiger partial charge in [0.05, 0.1) is 10.8 Å². The highest BCUT2D eigenvalue weighted by Crippen LogP contribution is 2.38. The van der Waals surface area contributed by atoms with E-state index in [0.29, 0.717) is 13.1 Å². The van der Waals surface area contributed by atoms with Crippen molar-refractivity contribution in [3.8, 4) is 11.3 Å². The van der Waals surface area contributed by atoms with Gasteiger partial charge in [-0.2, -0.15) is 0 Å². The number of hydroxylamine groups is 1. The first-order valence-corrected chi connectivity index (χ1v) is 13.3. The van der Waals surface area contributed by atoms with Crippen molar-refractivity contribution < 1.29 is 10.0 Å². The number of nitrogens with zero attached hydrogens (tertiary/aromatic N) is 2. The van der Waals surface area contributed by atoms with Crippen LogP contribution in [0.4, 0.5) is 5.82 Å². The molecule has 2 aromatic carbocycles. The Balaban J connectivity index is 1.27. The number of aromatic nitrogens is 3. The van der Waals surface area contributed by atoms with Gasteiger partial charge in [0.25, 0.3) is 0 Å². The lowest BCUT2D eigenvalue weighted by atomic mass is 9.67. The Labute approximate surface area is 229 Å². The van der Waals surface area contributed by atoms with E-state index in [1.54, 1.807) is 11.8 Å². The summed E-state index contributed by atoms with van der Waals surface area (Å²) in [4.78, 5) is 24.3. The van der Waals surface area contributed by atoms with Crippen molar-refractivity contribution in [1.29, 1.82) is 0 Å². The number of fused-ring (bicyclic) bond motifs is 1. The van der Waals surface area contributed by atoms with Gasteiger partial charge in [0.15, 0.2) is 0 Å². The molecule has 0 atom stereocenters. The van der Waals surface area contributed by atoms with Crippen molar-refractivity contribution in [2.75, 3.05) is 25.0 Å². The van der Waals surface area contributed by atoms with Crippen molar-refractivity contribution in [3.05, 3.63) is 78.1 Å². The fourth-order valence-corrected chi connectivity index (χ4v) is 4.30. The lowest BCUT2D eigenvalue weighted by Crippen LogP contribution is -2.50. The molecule has 0 saturated carbocycles. The van der Waals surface area contributed by atoms with E-state index in [0.717, 1.165) is 47.7 Å². The number of carbonyl (C=O) groups is 1. The minimum absolute atomic E-state index is 0.331. The van der Waals surface area contributed by atoms with Crippen molar-refractivity contribution >= 4 is 22.8 Å². The number of rotatable bonds is 13. The molecular weight excluding hydrogens is 490 g/mol. The highest BCUT2D eigenvalue weighted by Gasteiger charge is 2.42. The van der Waals surface area contributed by atoms with Crippen molar-refractivity contribution in [2.24, 2.45) is 10.8 Å². The summed E-state index contributed by atoms with van der Waals surface area (Å²) in [5, 5.41) is 20.3. The molecule has 0 aliphatic carbocycles. The summed E-state index contributed by atoms with van der Waals surface area (Å²) in [7, 11) is 0. The zero-order valence-electron chi connectivity index (χ0n) is 23.1. The zero-order chi connectivity index (χ0) is 27.9. The van der Waals surface area contributed by atoms with E-state index in [1.807, 2.05) is 45.9 Å². The van der Waals surface area contributed by atoms with Crippen LogP contribution in [-0.4, -0.2) is 45.7 Å². The van der Waals surface area contributed by atoms with Gasteiger partial charge in [0.1, 0.15) is 17.8 Å². The number of carbonyl (C=O) groups excluding carboxylic acids is 1. The SMILES string of the molecule is CC(C)(CNCCNCc1ccc(-c2cc3c(NCc4ccccc4)ncnc3[nH]2)cc1)C(C)(C)C(=O)NO. The molecule has 39 heavy (non-hydrogen) atoms. The van der Waals surface area contributed by atoms with Gasteiger partial charge in [-0.15, -0.1) is 0 Å². The minimum atomic E-state index is -0.707. The Morgan fingerprint density at radius 1 is 0.897 bits per heavy atom. The number of hydrogen-bond acceptors (Lipinski definition) is 7. The second-order valence-corrected chi connectivity index (χ2v) is 11.0. The van der Waals surface area contributed by atoms with Crippen LogP contribution in [0.5, 0.6) is 0 Å². The smallest absolute Gasteiger partial charge is 0.249 e. The van der Waals surface area contributed by atoms with E-state index in [4.69, 9.17) is 5.21 Å². The zero-order valence-corrected chi connectivity index (χ0v) is 23.1. The summed E-state index contributed by atoms with van der Waals surface area (Å²) in [6, 6.07) is 20.8. The van der Waals surface area contributed by atoms with E-state index in [9.17, 15) is 4.79 Å². The van der Waals surface area contributed by atoms with Gasteiger partial charge >= 0.3 is 0 Å². The number of hydrogen-bond donors (Lipinski definition) is 6.